The van der Waals surface area contributed by atoms with Gasteiger partial charge in [0, 0.05) is 12.1 Å². The van der Waals surface area contributed by atoms with Crippen molar-refractivity contribution in [2.45, 2.75) is 125 Å². The lowest BCUT2D eigenvalue weighted by molar-refractivity contribution is -0.317. The van der Waals surface area contributed by atoms with Crippen molar-refractivity contribution in [1.29, 1.82) is 0 Å². The first-order chi connectivity index (χ1) is 16.7. The molecule has 210 valence electrons. The molecule has 12 N–H and O–H groups in total. The second kappa shape index (κ2) is 11.9. The number of ether oxygens (including phenoxy) is 4. The highest BCUT2D eigenvalue weighted by Crippen LogP contribution is 2.37. The van der Waals surface area contributed by atoms with Gasteiger partial charge in [-0.25, -0.2) is 0 Å². The van der Waals surface area contributed by atoms with Crippen LogP contribution in [0.4, 0.5) is 0 Å². The smallest absolute Gasteiger partial charge is 0.187 e. The van der Waals surface area contributed by atoms with Crippen molar-refractivity contribution in [2.75, 3.05) is 0 Å². The molecule has 3 rings (SSSR count). The summed E-state index contributed by atoms with van der Waals surface area (Å²) in [5.74, 6) is -0.353. The third-order valence-corrected chi connectivity index (χ3v) is 7.27. The number of rotatable bonds is 8. The maximum Gasteiger partial charge on any atom is 0.187 e. The maximum absolute atomic E-state index is 11.3. The summed E-state index contributed by atoms with van der Waals surface area (Å²) < 4.78 is 23.4. The minimum Gasteiger partial charge on any atom is -0.391 e. The molecule has 0 aromatic rings. The summed E-state index contributed by atoms with van der Waals surface area (Å²) in [5.41, 5.74) is 19.2. The van der Waals surface area contributed by atoms with E-state index in [9.17, 15) is 30.6 Å². The van der Waals surface area contributed by atoms with E-state index >= 15 is 0 Å². The van der Waals surface area contributed by atoms with E-state index in [0.717, 1.165) is 5.57 Å². The molecule has 2 saturated heterocycles. The van der Waals surface area contributed by atoms with Gasteiger partial charge in [-0.3, -0.25) is 0 Å². The van der Waals surface area contributed by atoms with Crippen LogP contribution >= 0.6 is 0 Å². The van der Waals surface area contributed by atoms with Gasteiger partial charge in [-0.15, -0.1) is 6.58 Å². The number of allylic oxidation sites excluding steroid dienone is 1. The van der Waals surface area contributed by atoms with Crippen molar-refractivity contribution in [3.05, 3.63) is 12.2 Å². The molecule has 13 heteroatoms. The predicted octanol–water partition coefficient (Wildman–Crippen LogP) is -3.62. The molecule has 13 nitrogen and oxygen atoms in total. The molecule has 16 atom stereocenters. The van der Waals surface area contributed by atoms with E-state index in [0.29, 0.717) is 12.8 Å². The molecule has 5 unspecified atom stereocenters. The zero-order chi connectivity index (χ0) is 27.1. The molecule has 0 bridgehead atoms. The molecule has 2 heterocycles. The third-order valence-electron chi connectivity index (χ3n) is 7.27. The van der Waals surface area contributed by atoms with Crippen LogP contribution in [-0.2, 0) is 18.9 Å². The molecule has 0 spiro atoms. The van der Waals surface area contributed by atoms with Gasteiger partial charge in [-0.05, 0) is 39.5 Å². The molecule has 0 amide bonds. The van der Waals surface area contributed by atoms with Crippen LogP contribution in [0.25, 0.3) is 0 Å². The summed E-state index contributed by atoms with van der Waals surface area (Å²) in [5, 5.41) is 62.7. The SMILES string of the molecule is C=C(C)C[C@@H]1CC(N)[C@@H](O[C@H]2OC([C@@H](C)O)[C@@H](O)[C@H](O)C2N)[C@H](O[C@@H]2O[C@H]([C@H](C)N)[C@H](O)C2O)C1O. The summed E-state index contributed by atoms with van der Waals surface area (Å²) in [6.45, 7) is 8.73. The van der Waals surface area contributed by atoms with Gasteiger partial charge in [0.1, 0.15) is 48.8 Å². The lowest BCUT2D eigenvalue weighted by Crippen LogP contribution is -2.67. The number of hydrogen-bond acceptors (Lipinski definition) is 13. The van der Waals surface area contributed by atoms with Crippen LogP contribution < -0.4 is 17.2 Å². The van der Waals surface area contributed by atoms with E-state index in [1.165, 1.54) is 6.92 Å². The quantitative estimate of drug-likeness (QED) is 0.140. The van der Waals surface area contributed by atoms with Crippen LogP contribution in [0, 0.1) is 5.92 Å². The first kappa shape index (κ1) is 29.8. The van der Waals surface area contributed by atoms with Gasteiger partial charge in [0.15, 0.2) is 12.6 Å². The van der Waals surface area contributed by atoms with Crippen LogP contribution in [-0.4, -0.2) is 122 Å². The molecule has 1 saturated carbocycles. The molecule has 3 aliphatic rings. The van der Waals surface area contributed by atoms with E-state index in [1.807, 2.05) is 6.92 Å². The van der Waals surface area contributed by atoms with E-state index in [4.69, 9.17) is 36.1 Å². The fourth-order valence-electron chi connectivity index (χ4n) is 5.28. The van der Waals surface area contributed by atoms with Crippen molar-refractivity contribution < 1.29 is 49.6 Å². The number of hydrogen-bond donors (Lipinski definition) is 9. The lowest BCUT2D eigenvalue weighted by Gasteiger charge is -2.48. The van der Waals surface area contributed by atoms with Gasteiger partial charge in [0.25, 0.3) is 0 Å². The second-order valence-corrected chi connectivity index (χ2v) is 10.6. The highest BCUT2D eigenvalue weighted by Gasteiger charge is 2.53. The normalized spacial score (nSPS) is 49.6. The average Bonchev–Trinajstić information content (AvgIpc) is 3.07. The van der Waals surface area contributed by atoms with E-state index in [-0.39, 0.29) is 5.92 Å². The zero-order valence-corrected chi connectivity index (χ0v) is 20.9. The summed E-state index contributed by atoms with van der Waals surface area (Å²) in [4.78, 5) is 0. The fraction of sp³-hybridized carbons (Fsp3) is 0.913. The van der Waals surface area contributed by atoms with Crippen molar-refractivity contribution >= 4 is 0 Å². The second-order valence-electron chi connectivity index (χ2n) is 10.6. The van der Waals surface area contributed by atoms with Gasteiger partial charge in [0.2, 0.25) is 0 Å². The Morgan fingerprint density at radius 3 is 1.97 bits per heavy atom. The molecule has 2 aliphatic heterocycles. The monoisotopic (exact) mass is 521 g/mol. The zero-order valence-electron chi connectivity index (χ0n) is 20.9. The van der Waals surface area contributed by atoms with Gasteiger partial charge in [-0.1, -0.05) is 5.57 Å². The topological polar surface area (TPSA) is 236 Å². The van der Waals surface area contributed by atoms with Crippen molar-refractivity contribution in [2.24, 2.45) is 23.1 Å². The lowest BCUT2D eigenvalue weighted by atomic mass is 9.77. The van der Waals surface area contributed by atoms with E-state index in [1.54, 1.807) is 6.92 Å². The van der Waals surface area contributed by atoms with Crippen molar-refractivity contribution in [1.82, 2.24) is 0 Å². The van der Waals surface area contributed by atoms with Gasteiger partial charge < -0.3 is 66.8 Å². The van der Waals surface area contributed by atoms with Crippen LogP contribution in [0.15, 0.2) is 12.2 Å². The van der Waals surface area contributed by atoms with E-state index in [2.05, 4.69) is 6.58 Å². The summed E-state index contributed by atoms with van der Waals surface area (Å²) in [6, 6.07) is -2.52. The Morgan fingerprint density at radius 1 is 0.889 bits per heavy atom. The Hall–Kier alpha value is -0.780. The van der Waals surface area contributed by atoms with Gasteiger partial charge in [0.05, 0.1) is 18.2 Å². The summed E-state index contributed by atoms with van der Waals surface area (Å²) in [7, 11) is 0. The highest BCUT2D eigenvalue weighted by molar-refractivity contribution is 5.04. The molecule has 0 aromatic heterocycles. The van der Waals surface area contributed by atoms with Crippen LogP contribution in [0.2, 0.25) is 0 Å². The molecule has 3 fully saturated rings. The van der Waals surface area contributed by atoms with Crippen molar-refractivity contribution in [3.63, 3.8) is 0 Å². The first-order valence-corrected chi connectivity index (χ1v) is 12.4. The Bertz CT molecular complexity index is 745. The average molecular weight is 522 g/mol. The first-order valence-electron chi connectivity index (χ1n) is 12.4. The van der Waals surface area contributed by atoms with Crippen LogP contribution in [0.1, 0.15) is 33.6 Å². The maximum atomic E-state index is 11.3. The minimum absolute atomic E-state index is 0.324. The molecular weight excluding hydrogens is 478 g/mol. The van der Waals surface area contributed by atoms with E-state index < -0.39 is 91.7 Å². The van der Waals surface area contributed by atoms with Crippen LogP contribution in [0.3, 0.4) is 0 Å². The Kier molecular flexibility index (Phi) is 9.88. The van der Waals surface area contributed by atoms with Crippen LogP contribution in [0.5, 0.6) is 0 Å². The molecular formula is C23H43N3O10. The molecule has 0 aromatic carbocycles. The molecule has 1 aliphatic carbocycles. The summed E-state index contributed by atoms with van der Waals surface area (Å²) >= 11 is 0. The molecule has 36 heavy (non-hydrogen) atoms. The standard InChI is InChI=1S/C23H43N3O10/c1-7(2)5-10-6-11(25)20(35-22-12(26)14(29)15(30)19(34-22)9(4)27)21(13(10)28)36-23-17(32)16(31)18(33-23)8(3)24/h8-23,27-32H,1,5-6,24-26H2,2-4H3/t8-,9+,10+,11?,12?,13?,14+,15-,16+,17?,18+,19?,20+,21+,22+,23-/m0/s1. The van der Waals surface area contributed by atoms with Gasteiger partial charge in [-0.2, -0.15) is 0 Å². The third kappa shape index (κ3) is 6.10. The van der Waals surface area contributed by atoms with Gasteiger partial charge >= 0.3 is 0 Å². The van der Waals surface area contributed by atoms with Crippen molar-refractivity contribution in [3.8, 4) is 0 Å². The summed E-state index contributed by atoms with van der Waals surface area (Å²) in [6.07, 6.45) is -14.1. The minimum atomic E-state index is -1.47. The predicted molar refractivity (Wildman–Crippen MR) is 126 cm³/mol. The molecule has 0 radical (unpaired) electrons. The number of aliphatic hydroxyl groups excluding tert-OH is 6. The Balaban J connectivity index is 1.85. The largest absolute Gasteiger partial charge is 0.391 e. The number of nitrogens with two attached hydrogens (primary N) is 3. The fourth-order valence-corrected chi connectivity index (χ4v) is 5.28. The Labute approximate surface area is 210 Å². The highest BCUT2D eigenvalue weighted by atomic mass is 16.7. The Morgan fingerprint density at radius 2 is 1.44 bits per heavy atom. The number of aliphatic hydroxyl groups is 6.